The highest BCUT2D eigenvalue weighted by molar-refractivity contribution is 6.32. The summed E-state index contributed by atoms with van der Waals surface area (Å²) >= 11 is 5.89. The Labute approximate surface area is 125 Å². The number of carbonyl (C=O) groups is 1. The van der Waals surface area contributed by atoms with Gasteiger partial charge in [-0.1, -0.05) is 29.8 Å². The van der Waals surface area contributed by atoms with Gasteiger partial charge >= 0.3 is 6.16 Å². The van der Waals surface area contributed by atoms with Crippen LogP contribution in [0, 0.1) is 22.7 Å². The van der Waals surface area contributed by atoms with E-state index < -0.39 is 6.16 Å². The van der Waals surface area contributed by atoms with Crippen LogP contribution in [0.2, 0.25) is 5.02 Å². The van der Waals surface area contributed by atoms with E-state index in [9.17, 15) is 4.79 Å². The SMILES string of the molecule is N#Cc1cc(Cl)c(OC(=O)Oc2ccccc2)cc1C#N. The van der Waals surface area contributed by atoms with Crippen molar-refractivity contribution >= 4 is 17.8 Å². The molecule has 2 aromatic rings. The average molecular weight is 299 g/mol. The molecule has 0 heterocycles. The quantitative estimate of drug-likeness (QED) is 0.624. The van der Waals surface area contributed by atoms with Gasteiger partial charge in [-0.15, -0.1) is 0 Å². The zero-order chi connectivity index (χ0) is 15.2. The number of carbonyl (C=O) groups excluding carboxylic acids is 1. The van der Waals surface area contributed by atoms with E-state index in [4.69, 9.17) is 31.6 Å². The van der Waals surface area contributed by atoms with Crippen LogP contribution in [0.25, 0.3) is 0 Å². The fraction of sp³-hybridized carbons (Fsp3) is 0. The Hall–Kier alpha value is -3.02. The van der Waals surface area contributed by atoms with Crippen LogP contribution < -0.4 is 9.47 Å². The third-order valence-electron chi connectivity index (χ3n) is 2.45. The van der Waals surface area contributed by atoms with Crippen LogP contribution in [0.1, 0.15) is 11.1 Å². The molecular formula is C15H7ClN2O3. The number of hydrogen-bond acceptors (Lipinski definition) is 5. The largest absolute Gasteiger partial charge is 0.519 e. The summed E-state index contributed by atoms with van der Waals surface area (Å²) in [6.07, 6.45) is -0.989. The summed E-state index contributed by atoms with van der Waals surface area (Å²) in [6, 6.07) is 14.5. The molecular weight excluding hydrogens is 292 g/mol. The number of rotatable bonds is 2. The molecule has 102 valence electrons. The number of halogens is 1. The molecule has 5 nitrogen and oxygen atoms in total. The van der Waals surface area contributed by atoms with Crippen LogP contribution >= 0.6 is 11.6 Å². The Balaban J connectivity index is 2.19. The van der Waals surface area contributed by atoms with Crippen LogP contribution in [0.4, 0.5) is 4.79 Å². The molecule has 6 heteroatoms. The topological polar surface area (TPSA) is 83.1 Å². The molecule has 0 aromatic heterocycles. The first-order chi connectivity index (χ1) is 10.1. The van der Waals surface area contributed by atoms with Crippen molar-refractivity contribution in [1.82, 2.24) is 0 Å². The van der Waals surface area contributed by atoms with Gasteiger partial charge in [-0.25, -0.2) is 4.79 Å². The van der Waals surface area contributed by atoms with Gasteiger partial charge in [0.1, 0.15) is 17.9 Å². The zero-order valence-electron chi connectivity index (χ0n) is 10.5. The molecule has 0 saturated heterocycles. The van der Waals surface area contributed by atoms with Crippen molar-refractivity contribution in [3.05, 3.63) is 58.6 Å². The lowest BCUT2D eigenvalue weighted by molar-refractivity contribution is 0.152. The lowest BCUT2D eigenvalue weighted by Gasteiger charge is -2.07. The third kappa shape index (κ3) is 3.50. The Morgan fingerprint density at radius 3 is 2.24 bits per heavy atom. The number of ether oxygens (including phenoxy) is 2. The fourth-order valence-electron chi connectivity index (χ4n) is 1.51. The minimum Gasteiger partial charge on any atom is -0.395 e. The van der Waals surface area contributed by atoms with Gasteiger partial charge in [0.25, 0.3) is 0 Å². The van der Waals surface area contributed by atoms with E-state index in [1.807, 2.05) is 12.1 Å². The van der Waals surface area contributed by atoms with Gasteiger partial charge in [0.2, 0.25) is 0 Å². The van der Waals surface area contributed by atoms with Gasteiger partial charge < -0.3 is 9.47 Å². The van der Waals surface area contributed by atoms with Crippen LogP contribution in [-0.2, 0) is 0 Å². The highest BCUT2D eigenvalue weighted by Gasteiger charge is 2.14. The highest BCUT2D eigenvalue weighted by Crippen LogP contribution is 2.28. The van der Waals surface area contributed by atoms with Crippen molar-refractivity contribution < 1.29 is 14.3 Å². The average Bonchev–Trinajstić information content (AvgIpc) is 2.49. The molecule has 0 fully saturated rings. The van der Waals surface area contributed by atoms with E-state index in [2.05, 4.69) is 0 Å². The molecule has 0 aliphatic carbocycles. The van der Waals surface area contributed by atoms with Gasteiger partial charge in [0.05, 0.1) is 16.1 Å². The minimum atomic E-state index is -0.989. The lowest BCUT2D eigenvalue weighted by atomic mass is 10.1. The van der Waals surface area contributed by atoms with Crippen LogP contribution in [0.15, 0.2) is 42.5 Å². The second kappa shape index (κ2) is 6.42. The Bertz CT molecular complexity index is 761. The van der Waals surface area contributed by atoms with Gasteiger partial charge in [0.15, 0.2) is 5.75 Å². The number of benzene rings is 2. The number of nitrogens with zero attached hydrogens (tertiary/aromatic N) is 2. The summed E-state index contributed by atoms with van der Waals surface area (Å²) in [5.41, 5.74) is 0.163. The molecule has 0 atom stereocenters. The molecule has 0 aliphatic rings. The van der Waals surface area contributed by atoms with E-state index >= 15 is 0 Å². The van der Waals surface area contributed by atoms with Crippen LogP contribution in [0.3, 0.4) is 0 Å². The number of nitriles is 2. The van der Waals surface area contributed by atoms with Crippen molar-refractivity contribution in [3.63, 3.8) is 0 Å². The lowest BCUT2D eigenvalue weighted by Crippen LogP contribution is -2.14. The van der Waals surface area contributed by atoms with Gasteiger partial charge in [-0.3, -0.25) is 0 Å². The normalized spacial score (nSPS) is 9.29. The Kier molecular flexibility index (Phi) is 4.40. The summed E-state index contributed by atoms with van der Waals surface area (Å²) in [6.45, 7) is 0. The first-order valence-corrected chi connectivity index (χ1v) is 6.10. The smallest absolute Gasteiger partial charge is 0.395 e. The maximum atomic E-state index is 11.6. The predicted octanol–water partition coefficient (Wildman–Crippen LogP) is 3.66. The van der Waals surface area contributed by atoms with Crippen molar-refractivity contribution in [2.75, 3.05) is 0 Å². The van der Waals surface area contributed by atoms with Crippen molar-refractivity contribution in [3.8, 4) is 23.6 Å². The van der Waals surface area contributed by atoms with E-state index in [-0.39, 0.29) is 21.9 Å². The minimum absolute atomic E-state index is 0.0376. The fourth-order valence-corrected chi connectivity index (χ4v) is 1.71. The summed E-state index contributed by atoms with van der Waals surface area (Å²) in [7, 11) is 0. The standard InChI is InChI=1S/C15H7ClN2O3/c16-13-6-10(8-17)11(9-18)7-14(13)21-15(19)20-12-4-2-1-3-5-12/h1-7H. The van der Waals surface area contributed by atoms with E-state index in [0.717, 1.165) is 0 Å². The van der Waals surface area contributed by atoms with E-state index in [1.165, 1.54) is 12.1 Å². The molecule has 0 N–H and O–H groups in total. The summed E-state index contributed by atoms with van der Waals surface area (Å²) in [4.78, 5) is 11.6. The van der Waals surface area contributed by atoms with Crippen molar-refractivity contribution in [2.45, 2.75) is 0 Å². The zero-order valence-corrected chi connectivity index (χ0v) is 11.3. The maximum absolute atomic E-state index is 11.6. The van der Waals surface area contributed by atoms with Crippen molar-refractivity contribution in [2.24, 2.45) is 0 Å². The highest BCUT2D eigenvalue weighted by atomic mass is 35.5. The summed E-state index contributed by atoms with van der Waals surface area (Å²) < 4.78 is 9.87. The molecule has 0 amide bonds. The molecule has 21 heavy (non-hydrogen) atoms. The molecule has 0 radical (unpaired) electrons. The van der Waals surface area contributed by atoms with Crippen LogP contribution in [-0.4, -0.2) is 6.16 Å². The van der Waals surface area contributed by atoms with Gasteiger partial charge in [-0.2, -0.15) is 10.5 Å². The first-order valence-electron chi connectivity index (χ1n) is 5.72. The van der Waals surface area contributed by atoms with E-state index in [1.54, 1.807) is 30.3 Å². The third-order valence-corrected chi connectivity index (χ3v) is 2.75. The second-order valence-corrected chi connectivity index (χ2v) is 4.23. The Morgan fingerprint density at radius 2 is 1.62 bits per heavy atom. The van der Waals surface area contributed by atoms with Gasteiger partial charge in [0, 0.05) is 6.07 Å². The van der Waals surface area contributed by atoms with Gasteiger partial charge in [-0.05, 0) is 18.2 Å². The van der Waals surface area contributed by atoms with Crippen molar-refractivity contribution in [1.29, 1.82) is 10.5 Å². The monoisotopic (exact) mass is 298 g/mol. The summed E-state index contributed by atoms with van der Waals surface area (Å²) in [5.74, 6) is 0.265. The molecule has 2 rings (SSSR count). The second-order valence-electron chi connectivity index (χ2n) is 3.82. The number of hydrogen-bond donors (Lipinski definition) is 0. The van der Waals surface area contributed by atoms with Crippen LogP contribution in [0.5, 0.6) is 11.5 Å². The maximum Gasteiger partial charge on any atom is 0.519 e. The molecule has 0 saturated carbocycles. The molecule has 0 bridgehead atoms. The summed E-state index contributed by atoms with van der Waals surface area (Å²) in [5, 5.41) is 17.8. The van der Waals surface area contributed by atoms with E-state index in [0.29, 0.717) is 5.75 Å². The number of para-hydroxylation sites is 1. The first kappa shape index (κ1) is 14.4. The molecule has 0 spiro atoms. The predicted molar refractivity (Wildman–Crippen MR) is 74.0 cm³/mol. The molecule has 0 aliphatic heterocycles. The molecule has 2 aromatic carbocycles. The Morgan fingerprint density at radius 1 is 1.00 bits per heavy atom. The molecule has 0 unspecified atom stereocenters.